The van der Waals surface area contributed by atoms with Crippen LogP contribution in [0.25, 0.3) is 11.0 Å². The number of furan rings is 1. The number of anilines is 1. The van der Waals surface area contributed by atoms with E-state index >= 15 is 0 Å². The molecule has 0 spiro atoms. The lowest BCUT2D eigenvalue weighted by Crippen LogP contribution is -2.22. The number of rotatable bonds is 6. The van der Waals surface area contributed by atoms with E-state index in [2.05, 4.69) is 5.32 Å². The first-order valence-electron chi connectivity index (χ1n) is 9.96. The maximum absolute atomic E-state index is 13.1. The van der Waals surface area contributed by atoms with Crippen LogP contribution in [0.4, 0.5) is 10.5 Å². The third kappa shape index (κ3) is 4.26. The predicted octanol–water partition coefficient (Wildman–Crippen LogP) is 5.27. The molecule has 2 amide bonds. The molecular weight excluding hydrogens is 368 g/mol. The highest BCUT2D eigenvalue weighted by atomic mass is 16.5. The van der Waals surface area contributed by atoms with Crippen molar-refractivity contribution in [3.8, 4) is 5.75 Å². The Morgan fingerprint density at radius 2 is 1.83 bits per heavy atom. The summed E-state index contributed by atoms with van der Waals surface area (Å²) in [5, 5.41) is 3.21. The molecule has 1 aliphatic carbocycles. The van der Waals surface area contributed by atoms with Crippen molar-refractivity contribution < 1.29 is 18.7 Å². The van der Waals surface area contributed by atoms with Crippen LogP contribution >= 0.6 is 0 Å². The quantitative estimate of drug-likeness (QED) is 0.559. The van der Waals surface area contributed by atoms with Crippen molar-refractivity contribution in [2.24, 2.45) is 11.7 Å². The van der Waals surface area contributed by atoms with E-state index in [1.807, 2.05) is 30.3 Å². The number of benzene rings is 2. The van der Waals surface area contributed by atoms with Crippen molar-refractivity contribution in [1.82, 2.24) is 0 Å². The van der Waals surface area contributed by atoms with Crippen molar-refractivity contribution in [3.63, 3.8) is 0 Å². The number of carbonyl (C=O) groups excluding carboxylic acids is 2. The van der Waals surface area contributed by atoms with E-state index in [9.17, 15) is 9.59 Å². The second-order valence-electron chi connectivity index (χ2n) is 7.43. The minimum absolute atomic E-state index is 0.0728. The number of ketones is 1. The van der Waals surface area contributed by atoms with E-state index in [1.165, 1.54) is 0 Å². The number of nitrogens with one attached hydrogen (secondary N) is 1. The Morgan fingerprint density at radius 3 is 2.55 bits per heavy atom. The van der Waals surface area contributed by atoms with E-state index in [-0.39, 0.29) is 17.5 Å². The Balaban J connectivity index is 1.63. The number of nitrogens with two attached hydrogens (primary N) is 1. The van der Waals surface area contributed by atoms with E-state index in [0.29, 0.717) is 29.0 Å². The van der Waals surface area contributed by atoms with Gasteiger partial charge in [-0.05, 0) is 30.5 Å². The fourth-order valence-electron chi connectivity index (χ4n) is 3.88. The lowest BCUT2D eigenvalue weighted by Gasteiger charge is -2.19. The first-order valence-corrected chi connectivity index (χ1v) is 9.96. The zero-order valence-corrected chi connectivity index (χ0v) is 16.1. The van der Waals surface area contributed by atoms with Gasteiger partial charge in [0.1, 0.15) is 23.6 Å². The largest absolute Gasteiger partial charge is 0.489 e. The maximum Gasteiger partial charge on any atom is 0.316 e. The second kappa shape index (κ2) is 8.39. The van der Waals surface area contributed by atoms with Gasteiger partial charge in [-0.1, -0.05) is 49.6 Å². The molecule has 0 aliphatic heterocycles. The number of carbonyl (C=O) groups is 2. The fourth-order valence-corrected chi connectivity index (χ4v) is 3.88. The highest BCUT2D eigenvalue weighted by molar-refractivity contribution is 6.11. The molecule has 6 heteroatoms. The summed E-state index contributed by atoms with van der Waals surface area (Å²) in [6.45, 7) is 0.424. The third-order valence-electron chi connectivity index (χ3n) is 5.36. The SMILES string of the molecule is NC(=O)Nc1c(C(=O)C2CCCCC2)oc2cc(OCc3ccccc3)ccc12. The standard InChI is InChI=1S/C23H24N2O4/c24-23(27)25-20-18-12-11-17(28-14-15-7-3-1-4-8-15)13-19(18)29-22(20)21(26)16-9-5-2-6-10-16/h1,3-4,7-8,11-13,16H,2,5-6,9-10,14H2,(H3,24,25,27). The van der Waals surface area contributed by atoms with Crippen molar-refractivity contribution in [3.05, 3.63) is 59.9 Å². The van der Waals surface area contributed by atoms with Crippen molar-refractivity contribution in [2.75, 3.05) is 5.32 Å². The van der Waals surface area contributed by atoms with Crippen LogP contribution in [-0.4, -0.2) is 11.8 Å². The number of amides is 2. The number of ether oxygens (including phenoxy) is 1. The molecule has 3 N–H and O–H groups in total. The molecule has 0 bridgehead atoms. The van der Waals surface area contributed by atoms with E-state index in [4.69, 9.17) is 14.9 Å². The molecule has 0 radical (unpaired) electrons. The van der Waals surface area contributed by atoms with Gasteiger partial charge in [0.25, 0.3) is 0 Å². The van der Waals surface area contributed by atoms with Gasteiger partial charge >= 0.3 is 6.03 Å². The number of hydrogen-bond donors (Lipinski definition) is 2. The molecule has 29 heavy (non-hydrogen) atoms. The predicted molar refractivity (Wildman–Crippen MR) is 111 cm³/mol. The summed E-state index contributed by atoms with van der Waals surface area (Å²) in [6.07, 6.45) is 4.91. The monoisotopic (exact) mass is 392 g/mol. The number of urea groups is 1. The van der Waals surface area contributed by atoms with Gasteiger partial charge in [0, 0.05) is 17.4 Å². The molecule has 0 unspecified atom stereocenters. The van der Waals surface area contributed by atoms with Crippen LogP contribution in [-0.2, 0) is 6.61 Å². The third-order valence-corrected chi connectivity index (χ3v) is 5.36. The lowest BCUT2D eigenvalue weighted by molar-refractivity contribution is 0.0864. The summed E-state index contributed by atoms with van der Waals surface area (Å²) in [5.74, 6) is 0.645. The van der Waals surface area contributed by atoms with Crippen LogP contribution in [0.1, 0.15) is 48.2 Å². The molecule has 6 nitrogen and oxygen atoms in total. The first kappa shape index (κ1) is 19.1. The zero-order valence-electron chi connectivity index (χ0n) is 16.1. The van der Waals surface area contributed by atoms with Gasteiger partial charge in [-0.25, -0.2) is 4.79 Å². The topological polar surface area (TPSA) is 94.6 Å². The highest BCUT2D eigenvalue weighted by Crippen LogP contribution is 2.37. The van der Waals surface area contributed by atoms with Crippen LogP contribution in [0.5, 0.6) is 5.75 Å². The lowest BCUT2D eigenvalue weighted by atomic mass is 9.85. The zero-order chi connectivity index (χ0) is 20.2. The number of primary amides is 1. The number of hydrogen-bond acceptors (Lipinski definition) is 4. The Bertz CT molecular complexity index is 1020. The van der Waals surface area contributed by atoms with Gasteiger partial charge in [-0.2, -0.15) is 0 Å². The van der Waals surface area contributed by atoms with Gasteiger partial charge in [0.05, 0.1) is 0 Å². The molecule has 4 rings (SSSR count). The van der Waals surface area contributed by atoms with Crippen LogP contribution in [0.2, 0.25) is 0 Å². The summed E-state index contributed by atoms with van der Waals surface area (Å²) < 4.78 is 11.8. The molecule has 1 saturated carbocycles. The van der Waals surface area contributed by atoms with Gasteiger partial charge in [0.15, 0.2) is 5.76 Å². The number of fused-ring (bicyclic) bond motifs is 1. The van der Waals surface area contributed by atoms with Crippen LogP contribution in [0.3, 0.4) is 0 Å². The molecule has 150 valence electrons. The van der Waals surface area contributed by atoms with E-state index in [1.54, 1.807) is 18.2 Å². The molecule has 1 aromatic heterocycles. The molecule has 3 aromatic rings. The Kier molecular flexibility index (Phi) is 5.51. The first-order chi connectivity index (χ1) is 14.1. The average molecular weight is 392 g/mol. The van der Waals surface area contributed by atoms with Gasteiger partial charge in [-0.15, -0.1) is 0 Å². The summed E-state index contributed by atoms with van der Waals surface area (Å²) in [4.78, 5) is 24.6. The van der Waals surface area contributed by atoms with Crippen LogP contribution < -0.4 is 15.8 Å². The molecule has 0 saturated heterocycles. The van der Waals surface area contributed by atoms with Crippen LogP contribution in [0, 0.1) is 5.92 Å². The van der Waals surface area contributed by atoms with E-state index in [0.717, 1.165) is 37.7 Å². The molecule has 1 aliphatic rings. The summed E-state index contributed by atoms with van der Waals surface area (Å²) >= 11 is 0. The molecule has 1 heterocycles. The minimum atomic E-state index is -0.727. The molecule has 1 fully saturated rings. The van der Waals surface area contributed by atoms with Crippen molar-refractivity contribution in [2.45, 2.75) is 38.7 Å². The Morgan fingerprint density at radius 1 is 1.07 bits per heavy atom. The number of Topliss-reactive ketones (excluding diaryl/α,β-unsaturated/α-hetero) is 1. The normalized spacial score (nSPS) is 14.6. The Labute approximate surface area is 169 Å². The smallest absolute Gasteiger partial charge is 0.316 e. The Hall–Kier alpha value is -3.28. The van der Waals surface area contributed by atoms with Crippen LogP contribution in [0.15, 0.2) is 52.9 Å². The van der Waals surface area contributed by atoms with E-state index < -0.39 is 6.03 Å². The average Bonchev–Trinajstić information content (AvgIpc) is 3.10. The summed E-state index contributed by atoms with van der Waals surface area (Å²) in [5.41, 5.74) is 7.22. The van der Waals surface area contributed by atoms with Gasteiger partial charge in [-0.3, -0.25) is 4.79 Å². The molecule has 0 atom stereocenters. The molecule has 2 aromatic carbocycles. The van der Waals surface area contributed by atoms with Crippen molar-refractivity contribution in [1.29, 1.82) is 0 Å². The van der Waals surface area contributed by atoms with Gasteiger partial charge in [0.2, 0.25) is 5.78 Å². The van der Waals surface area contributed by atoms with Crippen molar-refractivity contribution >= 4 is 28.5 Å². The highest BCUT2D eigenvalue weighted by Gasteiger charge is 2.29. The maximum atomic E-state index is 13.1. The summed E-state index contributed by atoms with van der Waals surface area (Å²) in [7, 11) is 0. The minimum Gasteiger partial charge on any atom is -0.489 e. The molecular formula is C23H24N2O4. The van der Waals surface area contributed by atoms with Gasteiger partial charge < -0.3 is 20.2 Å². The fraction of sp³-hybridized carbons (Fsp3) is 0.304. The second-order valence-corrected chi connectivity index (χ2v) is 7.43. The summed E-state index contributed by atoms with van der Waals surface area (Å²) in [6, 6.07) is 14.4.